The number of ketones is 1. The summed E-state index contributed by atoms with van der Waals surface area (Å²) in [6, 6.07) is 24.1. The smallest absolute Gasteiger partial charge is 0.359 e. The highest BCUT2D eigenvalue weighted by Gasteiger charge is 2.20. The summed E-state index contributed by atoms with van der Waals surface area (Å²) in [5, 5.41) is 4.96. The van der Waals surface area contributed by atoms with Crippen LogP contribution in [0.4, 0.5) is 0 Å². The molecular weight excluding hydrogens is 368 g/mol. The number of ether oxygens (including phenoxy) is 1. The van der Waals surface area contributed by atoms with Gasteiger partial charge in [0.05, 0.1) is 11.1 Å². The Kier molecular flexibility index (Phi) is 4.99. The Morgan fingerprint density at radius 2 is 1.38 bits per heavy atom. The van der Waals surface area contributed by atoms with E-state index in [1.165, 1.54) is 0 Å². The first kappa shape index (κ1) is 18.3. The molecule has 0 aliphatic carbocycles. The number of hydrogen-bond acceptors (Lipinski definition) is 5. The number of para-hydroxylation sites is 1. The number of benzene rings is 3. The molecule has 1 aromatic heterocycles. The van der Waals surface area contributed by atoms with E-state index in [9.17, 15) is 14.4 Å². The van der Waals surface area contributed by atoms with Crippen LogP contribution in [0.15, 0.2) is 89.7 Å². The molecule has 0 saturated carbocycles. The molecule has 1 heterocycles. The maximum absolute atomic E-state index is 12.8. The Bertz CT molecular complexity index is 1250. The lowest BCUT2D eigenvalue weighted by atomic mass is 10.1. The molecule has 6 nitrogen and oxygen atoms in total. The van der Waals surface area contributed by atoms with Crippen LogP contribution in [0.5, 0.6) is 0 Å². The van der Waals surface area contributed by atoms with E-state index in [0.29, 0.717) is 22.0 Å². The molecule has 0 unspecified atom stereocenters. The van der Waals surface area contributed by atoms with Crippen molar-refractivity contribution in [3.63, 3.8) is 0 Å². The number of carbonyl (C=O) groups excluding carboxylic acids is 2. The van der Waals surface area contributed by atoms with Gasteiger partial charge in [0, 0.05) is 10.9 Å². The van der Waals surface area contributed by atoms with Crippen molar-refractivity contribution < 1.29 is 14.3 Å². The summed E-state index contributed by atoms with van der Waals surface area (Å²) in [6.45, 7) is -0.413. The number of carbonyl (C=O) groups is 2. The third-order valence-corrected chi connectivity index (χ3v) is 4.43. The fraction of sp³-hybridized carbons (Fsp3) is 0.0435. The maximum Gasteiger partial charge on any atom is 0.359 e. The van der Waals surface area contributed by atoms with Crippen molar-refractivity contribution in [2.24, 2.45) is 0 Å². The lowest BCUT2D eigenvalue weighted by molar-refractivity contribution is 0.0469. The topological polar surface area (TPSA) is 78.3 Å². The molecule has 0 aliphatic heterocycles. The lowest BCUT2D eigenvalue weighted by Gasteiger charge is -2.10. The van der Waals surface area contributed by atoms with Crippen molar-refractivity contribution in [3.8, 4) is 5.69 Å². The molecule has 0 saturated heterocycles. The highest BCUT2D eigenvalue weighted by Crippen LogP contribution is 2.16. The zero-order valence-corrected chi connectivity index (χ0v) is 15.3. The summed E-state index contributed by atoms with van der Waals surface area (Å²) in [4.78, 5) is 37.8. The molecule has 0 aliphatic rings. The van der Waals surface area contributed by atoms with Crippen LogP contribution in [-0.4, -0.2) is 28.1 Å². The highest BCUT2D eigenvalue weighted by molar-refractivity contribution is 6.04. The second-order valence-corrected chi connectivity index (χ2v) is 6.31. The van der Waals surface area contributed by atoms with Crippen LogP contribution in [0, 0.1) is 0 Å². The first-order valence-corrected chi connectivity index (χ1v) is 8.98. The minimum atomic E-state index is -0.768. The fourth-order valence-corrected chi connectivity index (χ4v) is 2.99. The van der Waals surface area contributed by atoms with Crippen LogP contribution < -0.4 is 5.56 Å². The number of aromatic nitrogens is 2. The molecule has 0 fully saturated rings. The van der Waals surface area contributed by atoms with Crippen molar-refractivity contribution in [1.29, 1.82) is 0 Å². The van der Waals surface area contributed by atoms with E-state index >= 15 is 0 Å². The Morgan fingerprint density at radius 3 is 2.07 bits per heavy atom. The largest absolute Gasteiger partial charge is 0.452 e. The Hall–Kier alpha value is -4.06. The SMILES string of the molecule is O=C(COC(=O)c1nn(-c2ccccc2)c(=O)c2ccccc12)c1ccccc1. The van der Waals surface area contributed by atoms with E-state index in [1.54, 1.807) is 78.9 Å². The summed E-state index contributed by atoms with van der Waals surface area (Å²) in [5.41, 5.74) is 0.610. The number of hydrogen-bond donors (Lipinski definition) is 0. The molecule has 0 atom stereocenters. The van der Waals surface area contributed by atoms with Crippen molar-refractivity contribution >= 4 is 22.5 Å². The maximum atomic E-state index is 12.8. The van der Waals surface area contributed by atoms with E-state index in [4.69, 9.17) is 4.74 Å². The molecule has 4 rings (SSSR count). The van der Waals surface area contributed by atoms with E-state index < -0.39 is 12.6 Å². The third kappa shape index (κ3) is 3.68. The van der Waals surface area contributed by atoms with Crippen LogP contribution in [0.2, 0.25) is 0 Å². The molecule has 0 amide bonds. The standard InChI is InChI=1S/C23H16N2O4/c26-20(16-9-3-1-4-10-16)15-29-23(28)21-18-13-7-8-14-19(18)22(27)25(24-21)17-11-5-2-6-12-17/h1-14H,15H2. The number of esters is 1. The quantitative estimate of drug-likeness (QED) is 0.389. The molecule has 4 aromatic rings. The second-order valence-electron chi connectivity index (χ2n) is 6.31. The normalized spacial score (nSPS) is 10.6. The van der Waals surface area contributed by atoms with Gasteiger partial charge in [-0.1, -0.05) is 66.7 Å². The summed E-state index contributed by atoms with van der Waals surface area (Å²) in [6.07, 6.45) is 0. The number of rotatable bonds is 5. The van der Waals surface area contributed by atoms with E-state index in [2.05, 4.69) is 5.10 Å². The van der Waals surface area contributed by atoms with Gasteiger partial charge in [-0.15, -0.1) is 0 Å². The first-order valence-electron chi connectivity index (χ1n) is 8.98. The van der Waals surface area contributed by atoms with Crippen molar-refractivity contribution in [2.75, 3.05) is 6.61 Å². The van der Waals surface area contributed by atoms with Gasteiger partial charge in [0.15, 0.2) is 18.1 Å². The molecule has 0 radical (unpaired) electrons. The van der Waals surface area contributed by atoms with Crippen molar-refractivity contribution in [1.82, 2.24) is 9.78 Å². The van der Waals surface area contributed by atoms with Gasteiger partial charge in [-0.3, -0.25) is 9.59 Å². The molecule has 142 valence electrons. The van der Waals surface area contributed by atoms with Gasteiger partial charge < -0.3 is 4.74 Å². The third-order valence-electron chi connectivity index (χ3n) is 4.43. The average molecular weight is 384 g/mol. The average Bonchev–Trinajstić information content (AvgIpc) is 2.79. The van der Waals surface area contributed by atoms with Crippen LogP contribution in [0.3, 0.4) is 0 Å². The van der Waals surface area contributed by atoms with E-state index in [1.807, 2.05) is 6.07 Å². The van der Waals surface area contributed by atoms with Crippen LogP contribution in [0.25, 0.3) is 16.5 Å². The van der Waals surface area contributed by atoms with Gasteiger partial charge in [0.1, 0.15) is 0 Å². The number of nitrogens with zero attached hydrogens (tertiary/aromatic N) is 2. The van der Waals surface area contributed by atoms with E-state index in [-0.39, 0.29) is 17.0 Å². The molecule has 0 bridgehead atoms. The highest BCUT2D eigenvalue weighted by atomic mass is 16.5. The van der Waals surface area contributed by atoms with Crippen LogP contribution >= 0.6 is 0 Å². The Morgan fingerprint density at radius 1 is 0.793 bits per heavy atom. The van der Waals surface area contributed by atoms with E-state index in [0.717, 1.165) is 4.68 Å². The summed E-state index contributed by atoms with van der Waals surface area (Å²) in [5.74, 6) is -1.09. The van der Waals surface area contributed by atoms with Crippen molar-refractivity contribution in [2.45, 2.75) is 0 Å². The van der Waals surface area contributed by atoms with Crippen LogP contribution in [-0.2, 0) is 4.74 Å². The number of fused-ring (bicyclic) bond motifs is 1. The molecular formula is C23H16N2O4. The predicted octanol–water partition coefficient (Wildman–Crippen LogP) is 3.43. The summed E-state index contributed by atoms with van der Waals surface area (Å²) >= 11 is 0. The summed E-state index contributed by atoms with van der Waals surface area (Å²) < 4.78 is 6.38. The minimum Gasteiger partial charge on any atom is -0.452 e. The van der Waals surface area contributed by atoms with Gasteiger partial charge in [-0.2, -0.15) is 9.78 Å². The molecule has 6 heteroatoms. The predicted molar refractivity (Wildman–Crippen MR) is 108 cm³/mol. The minimum absolute atomic E-state index is 0.0232. The van der Waals surface area contributed by atoms with Crippen molar-refractivity contribution in [3.05, 3.63) is 107 Å². The van der Waals surface area contributed by atoms with Gasteiger partial charge in [-0.05, 0) is 18.2 Å². The first-order chi connectivity index (χ1) is 14.1. The van der Waals surface area contributed by atoms with Gasteiger partial charge >= 0.3 is 5.97 Å². The van der Waals surface area contributed by atoms with Gasteiger partial charge in [0.2, 0.25) is 0 Å². The molecule has 0 spiro atoms. The number of Topliss-reactive ketones (excluding diaryl/α,β-unsaturated/α-hetero) is 1. The monoisotopic (exact) mass is 384 g/mol. The molecule has 29 heavy (non-hydrogen) atoms. The zero-order valence-electron chi connectivity index (χ0n) is 15.3. The Balaban J connectivity index is 1.71. The Labute approximate surface area is 166 Å². The summed E-state index contributed by atoms with van der Waals surface area (Å²) in [7, 11) is 0. The molecule has 0 N–H and O–H groups in total. The lowest BCUT2D eigenvalue weighted by Crippen LogP contribution is -2.25. The zero-order chi connectivity index (χ0) is 20.2. The second kappa shape index (κ2) is 7.90. The van der Waals surface area contributed by atoms with Crippen LogP contribution in [0.1, 0.15) is 20.8 Å². The van der Waals surface area contributed by atoms with Gasteiger partial charge in [0.25, 0.3) is 5.56 Å². The molecule has 3 aromatic carbocycles. The fourth-order valence-electron chi connectivity index (χ4n) is 2.99. The van der Waals surface area contributed by atoms with Gasteiger partial charge in [-0.25, -0.2) is 4.79 Å².